The van der Waals surface area contributed by atoms with E-state index in [4.69, 9.17) is 19.0 Å². The van der Waals surface area contributed by atoms with E-state index in [9.17, 15) is 4.57 Å². The van der Waals surface area contributed by atoms with E-state index in [-0.39, 0.29) is 12.6 Å². The number of unbranched alkanes of at least 4 members (excludes halogenated alkanes) is 11. The van der Waals surface area contributed by atoms with Crippen LogP contribution in [0.1, 0.15) is 96.8 Å². The molecule has 0 radical (unpaired) electrons. The van der Waals surface area contributed by atoms with E-state index in [0.717, 1.165) is 25.9 Å². The number of hydrogen-bond donors (Lipinski definition) is 2. The van der Waals surface area contributed by atoms with E-state index in [0.29, 0.717) is 11.1 Å². The van der Waals surface area contributed by atoms with Crippen molar-refractivity contribution in [1.29, 1.82) is 0 Å². The van der Waals surface area contributed by atoms with Gasteiger partial charge in [-0.05, 0) is 12.8 Å². The fourth-order valence-corrected chi connectivity index (χ4v) is 3.81. The highest BCUT2D eigenvalue weighted by atomic mass is 31.2. The van der Waals surface area contributed by atoms with E-state index < -0.39 is 7.82 Å². The Balaban J connectivity index is 3.49. The average molecular weight is 439 g/mol. The number of ether oxygens (including phenoxy) is 1. The summed E-state index contributed by atoms with van der Waals surface area (Å²) in [4.78, 5) is 17.8. The Bertz CT molecular complexity index is 408. The SMILES string of the molecule is CCCCCCCCCCCCCCOCCCC(COP(=O)(O)O)[N+](C)(C)C. The number of phosphoric ester groups is 1. The van der Waals surface area contributed by atoms with Gasteiger partial charge in [-0.2, -0.15) is 0 Å². The highest BCUT2D eigenvalue weighted by Gasteiger charge is 2.27. The molecule has 29 heavy (non-hydrogen) atoms. The molecule has 0 spiro atoms. The number of quaternary nitrogens is 1. The Morgan fingerprint density at radius 3 is 1.66 bits per heavy atom. The second kappa shape index (κ2) is 17.7. The average Bonchev–Trinajstić information content (AvgIpc) is 2.61. The molecule has 1 atom stereocenters. The zero-order valence-corrected chi connectivity index (χ0v) is 20.5. The second-order valence-corrected chi connectivity index (χ2v) is 10.4. The lowest BCUT2D eigenvalue weighted by Crippen LogP contribution is -2.47. The molecule has 0 bridgehead atoms. The van der Waals surface area contributed by atoms with Gasteiger partial charge >= 0.3 is 7.82 Å². The summed E-state index contributed by atoms with van der Waals surface area (Å²) in [5.74, 6) is 0. The summed E-state index contributed by atoms with van der Waals surface area (Å²) in [5, 5.41) is 0. The first-order chi connectivity index (χ1) is 13.7. The first-order valence-corrected chi connectivity index (χ1v) is 13.3. The van der Waals surface area contributed by atoms with Crippen LogP contribution >= 0.6 is 7.82 Å². The molecule has 0 aliphatic carbocycles. The lowest BCUT2D eigenvalue weighted by atomic mass is 10.1. The van der Waals surface area contributed by atoms with Gasteiger partial charge in [0.05, 0.1) is 21.1 Å². The van der Waals surface area contributed by atoms with Crippen molar-refractivity contribution in [3.05, 3.63) is 0 Å². The second-order valence-electron chi connectivity index (χ2n) is 9.20. The van der Waals surface area contributed by atoms with Gasteiger partial charge in [0.2, 0.25) is 0 Å². The minimum Gasteiger partial charge on any atom is -0.381 e. The zero-order chi connectivity index (χ0) is 22.0. The van der Waals surface area contributed by atoms with Crippen LogP contribution in [-0.4, -0.2) is 61.3 Å². The van der Waals surface area contributed by atoms with E-state index >= 15 is 0 Å². The van der Waals surface area contributed by atoms with E-state index in [1.165, 1.54) is 70.6 Å². The molecule has 0 aromatic heterocycles. The molecule has 0 saturated carbocycles. The monoisotopic (exact) mass is 438 g/mol. The van der Waals surface area contributed by atoms with Crippen LogP contribution in [0.25, 0.3) is 0 Å². The maximum absolute atomic E-state index is 10.9. The third-order valence-electron chi connectivity index (χ3n) is 5.50. The predicted octanol–water partition coefficient (Wildman–Crippen LogP) is 5.67. The lowest BCUT2D eigenvalue weighted by molar-refractivity contribution is -0.896. The molecular weight excluding hydrogens is 389 g/mol. The van der Waals surface area contributed by atoms with Crippen LogP contribution < -0.4 is 0 Å². The van der Waals surface area contributed by atoms with Crippen molar-refractivity contribution in [2.45, 2.75) is 103 Å². The molecular formula is C22H49NO5P+. The van der Waals surface area contributed by atoms with Crippen LogP contribution in [0.3, 0.4) is 0 Å². The Labute approximate surface area is 180 Å². The predicted molar refractivity (Wildman–Crippen MR) is 121 cm³/mol. The summed E-state index contributed by atoms with van der Waals surface area (Å²) in [6, 6.07) is 0.0397. The summed E-state index contributed by atoms with van der Waals surface area (Å²) >= 11 is 0. The summed E-state index contributed by atoms with van der Waals surface area (Å²) in [7, 11) is 1.64. The molecule has 7 heteroatoms. The first kappa shape index (κ1) is 29.0. The molecule has 0 aliphatic rings. The summed E-state index contributed by atoms with van der Waals surface area (Å²) in [6.07, 6.45) is 17.8. The van der Waals surface area contributed by atoms with E-state index in [1.54, 1.807) is 0 Å². The number of rotatable bonds is 21. The smallest absolute Gasteiger partial charge is 0.381 e. The molecule has 6 nitrogen and oxygen atoms in total. The van der Waals surface area contributed by atoms with Gasteiger partial charge in [-0.25, -0.2) is 4.57 Å². The lowest BCUT2D eigenvalue weighted by Gasteiger charge is -2.34. The molecule has 0 heterocycles. The third-order valence-corrected chi connectivity index (χ3v) is 5.98. The topological polar surface area (TPSA) is 76.0 Å². The summed E-state index contributed by atoms with van der Waals surface area (Å²) < 4.78 is 22.0. The van der Waals surface area contributed by atoms with E-state index in [1.807, 2.05) is 21.1 Å². The highest BCUT2D eigenvalue weighted by Crippen LogP contribution is 2.36. The van der Waals surface area contributed by atoms with Gasteiger partial charge in [-0.3, -0.25) is 4.52 Å². The van der Waals surface area contributed by atoms with Gasteiger partial charge in [0.1, 0.15) is 12.6 Å². The molecule has 0 amide bonds. The highest BCUT2D eigenvalue weighted by molar-refractivity contribution is 7.46. The molecule has 0 aromatic rings. The van der Waals surface area contributed by atoms with Crippen LogP contribution in [-0.2, 0) is 13.8 Å². The normalized spacial score (nSPS) is 13.7. The van der Waals surface area contributed by atoms with Crippen LogP contribution in [0.4, 0.5) is 0 Å². The molecule has 0 fully saturated rings. The van der Waals surface area contributed by atoms with Gasteiger partial charge in [-0.15, -0.1) is 0 Å². The number of phosphoric acid groups is 1. The van der Waals surface area contributed by atoms with Gasteiger partial charge in [0.15, 0.2) is 0 Å². The molecule has 0 rings (SSSR count). The minimum absolute atomic E-state index is 0.0397. The quantitative estimate of drug-likeness (QED) is 0.137. The molecule has 0 aromatic carbocycles. The largest absolute Gasteiger partial charge is 0.469 e. The Morgan fingerprint density at radius 1 is 0.759 bits per heavy atom. The van der Waals surface area contributed by atoms with Crippen molar-refractivity contribution in [3.63, 3.8) is 0 Å². The molecule has 1 unspecified atom stereocenters. The third kappa shape index (κ3) is 21.1. The van der Waals surface area contributed by atoms with Gasteiger partial charge in [0.25, 0.3) is 0 Å². The molecule has 2 N–H and O–H groups in total. The fraction of sp³-hybridized carbons (Fsp3) is 1.00. The van der Waals surface area contributed by atoms with Crippen LogP contribution in [0.2, 0.25) is 0 Å². The Hall–Kier alpha value is 0.0300. The van der Waals surface area contributed by atoms with Crippen LogP contribution in [0.5, 0.6) is 0 Å². The van der Waals surface area contributed by atoms with Crippen LogP contribution in [0, 0.1) is 0 Å². The maximum Gasteiger partial charge on any atom is 0.469 e. The van der Waals surface area contributed by atoms with Crippen molar-refractivity contribution in [3.8, 4) is 0 Å². The van der Waals surface area contributed by atoms with Crippen LogP contribution in [0.15, 0.2) is 0 Å². The van der Waals surface area contributed by atoms with Crippen molar-refractivity contribution in [1.82, 2.24) is 0 Å². The molecule has 0 saturated heterocycles. The number of likely N-dealkylation sites (N-methyl/N-ethyl adjacent to an activating group) is 1. The zero-order valence-electron chi connectivity index (χ0n) is 19.6. The molecule has 176 valence electrons. The number of hydrogen-bond acceptors (Lipinski definition) is 3. The van der Waals surface area contributed by atoms with Crippen molar-refractivity contribution >= 4 is 7.82 Å². The van der Waals surface area contributed by atoms with Crippen molar-refractivity contribution < 1.29 is 28.1 Å². The fourth-order valence-electron chi connectivity index (χ4n) is 3.45. The first-order valence-electron chi connectivity index (χ1n) is 11.8. The molecule has 0 aliphatic heterocycles. The number of nitrogens with zero attached hydrogens (tertiary/aromatic N) is 1. The van der Waals surface area contributed by atoms with E-state index in [2.05, 4.69) is 6.92 Å². The maximum atomic E-state index is 10.9. The Morgan fingerprint density at radius 2 is 1.21 bits per heavy atom. The minimum atomic E-state index is -4.41. The van der Waals surface area contributed by atoms with Gasteiger partial charge < -0.3 is 19.0 Å². The summed E-state index contributed by atoms with van der Waals surface area (Å²) in [6.45, 7) is 3.84. The Kier molecular flexibility index (Phi) is 17.7. The van der Waals surface area contributed by atoms with Gasteiger partial charge in [-0.1, -0.05) is 77.6 Å². The summed E-state index contributed by atoms with van der Waals surface area (Å²) in [5.41, 5.74) is 0. The van der Waals surface area contributed by atoms with Crippen molar-refractivity contribution in [2.75, 3.05) is 41.0 Å². The van der Waals surface area contributed by atoms with Crippen molar-refractivity contribution in [2.24, 2.45) is 0 Å². The van der Waals surface area contributed by atoms with Gasteiger partial charge in [0, 0.05) is 19.6 Å². The standard InChI is InChI=1S/C22H48NO5P/c1-5-6-7-8-9-10-11-12-13-14-15-16-19-27-20-17-18-22(23(2,3)4)21-28-29(24,25)26/h22H,5-21H2,1-4H3,(H-,24,25,26)/p+1.